The van der Waals surface area contributed by atoms with Gasteiger partial charge in [-0.1, -0.05) is 285 Å². The molecule has 0 aromatic carbocycles. The highest BCUT2D eigenvalue weighted by Gasteiger charge is 2.19. The minimum atomic E-state index is -0.761. The molecule has 0 aromatic heterocycles. The number of ether oxygens (including phenoxy) is 3. The van der Waals surface area contributed by atoms with Crippen LogP contribution in [0.4, 0.5) is 0 Å². The lowest BCUT2D eigenvalue weighted by Crippen LogP contribution is -2.30. The van der Waals surface area contributed by atoms with E-state index in [-0.39, 0.29) is 31.1 Å². The normalized spacial score (nSPS) is 12.0. The van der Waals surface area contributed by atoms with Crippen molar-refractivity contribution in [3.05, 3.63) is 0 Å². The second kappa shape index (κ2) is 51.4. The molecule has 0 aromatic rings. The highest BCUT2D eigenvalue weighted by Crippen LogP contribution is 2.18. The van der Waals surface area contributed by atoms with Gasteiger partial charge in [-0.3, -0.25) is 14.4 Å². The molecule has 0 heterocycles. The van der Waals surface area contributed by atoms with Gasteiger partial charge in [0.15, 0.2) is 6.10 Å². The third-order valence-corrected chi connectivity index (χ3v) is 13.0. The quantitative estimate of drug-likeness (QED) is 0.0344. The molecule has 0 unspecified atom stereocenters. The molecule has 0 spiro atoms. The zero-order valence-electron chi connectivity index (χ0n) is 43.0. The maximum Gasteiger partial charge on any atom is 0.306 e. The molecule has 6 heteroatoms. The van der Waals surface area contributed by atoms with Crippen molar-refractivity contribution in [2.75, 3.05) is 13.2 Å². The summed E-state index contributed by atoms with van der Waals surface area (Å²) in [4.78, 5) is 38.0. The zero-order valence-corrected chi connectivity index (χ0v) is 43.0. The van der Waals surface area contributed by atoms with E-state index in [2.05, 4.69) is 27.7 Å². The van der Waals surface area contributed by atoms with Crippen molar-refractivity contribution in [3.63, 3.8) is 0 Å². The second-order valence-electron chi connectivity index (χ2n) is 20.1. The zero-order chi connectivity index (χ0) is 45.9. The monoisotopic (exact) mass is 891 g/mol. The number of hydrogen-bond donors (Lipinski definition) is 0. The van der Waals surface area contributed by atoms with Crippen LogP contribution in [0, 0.1) is 5.92 Å². The van der Waals surface area contributed by atoms with Gasteiger partial charge in [-0.05, 0) is 25.2 Å². The first-order valence-electron chi connectivity index (χ1n) is 28.4. The van der Waals surface area contributed by atoms with Gasteiger partial charge in [0, 0.05) is 19.3 Å². The molecule has 0 amide bonds. The van der Waals surface area contributed by atoms with Crippen molar-refractivity contribution in [1.29, 1.82) is 0 Å². The van der Waals surface area contributed by atoms with Crippen molar-refractivity contribution in [2.45, 2.75) is 329 Å². The van der Waals surface area contributed by atoms with E-state index in [9.17, 15) is 14.4 Å². The lowest BCUT2D eigenvalue weighted by molar-refractivity contribution is -0.167. The van der Waals surface area contributed by atoms with Gasteiger partial charge in [0.1, 0.15) is 13.2 Å². The van der Waals surface area contributed by atoms with Crippen LogP contribution < -0.4 is 0 Å². The third-order valence-electron chi connectivity index (χ3n) is 13.0. The summed E-state index contributed by atoms with van der Waals surface area (Å²) in [7, 11) is 0. The summed E-state index contributed by atoms with van der Waals surface area (Å²) in [6, 6.07) is 0. The van der Waals surface area contributed by atoms with Crippen LogP contribution >= 0.6 is 0 Å². The average Bonchev–Trinajstić information content (AvgIpc) is 3.27. The van der Waals surface area contributed by atoms with Crippen LogP contribution in [0.3, 0.4) is 0 Å². The number of hydrogen-bond acceptors (Lipinski definition) is 6. The molecule has 374 valence electrons. The van der Waals surface area contributed by atoms with E-state index in [1.54, 1.807) is 0 Å². The smallest absolute Gasteiger partial charge is 0.306 e. The van der Waals surface area contributed by atoms with Crippen molar-refractivity contribution in [2.24, 2.45) is 5.92 Å². The third kappa shape index (κ3) is 51.3. The maximum atomic E-state index is 12.8. The minimum Gasteiger partial charge on any atom is -0.462 e. The molecule has 0 aliphatic rings. The van der Waals surface area contributed by atoms with Gasteiger partial charge in [-0.15, -0.1) is 0 Å². The van der Waals surface area contributed by atoms with Crippen LogP contribution in [-0.4, -0.2) is 37.2 Å². The van der Waals surface area contributed by atoms with Crippen molar-refractivity contribution < 1.29 is 28.6 Å². The molecular formula is C57H110O6. The Bertz CT molecular complexity index is 949. The minimum absolute atomic E-state index is 0.0621. The lowest BCUT2D eigenvalue weighted by atomic mass is 10.0. The Morgan fingerprint density at radius 3 is 0.778 bits per heavy atom. The van der Waals surface area contributed by atoms with Crippen molar-refractivity contribution >= 4 is 17.9 Å². The first kappa shape index (κ1) is 61.4. The second-order valence-corrected chi connectivity index (χ2v) is 20.1. The first-order chi connectivity index (χ1) is 30.9. The highest BCUT2D eigenvalue weighted by atomic mass is 16.6. The van der Waals surface area contributed by atoms with Gasteiger partial charge < -0.3 is 14.2 Å². The van der Waals surface area contributed by atoms with Gasteiger partial charge in [-0.25, -0.2) is 0 Å². The Hall–Kier alpha value is -1.59. The molecule has 0 saturated carbocycles. The standard InChI is InChI=1S/C57H110O6/c1-5-7-9-11-13-15-17-18-19-20-21-22-23-24-29-33-37-41-45-49-56(59)62-52-54(51-61-55(58)48-44-40-36-32-27-16-14-12-10-8-6-2)63-57(60)50-46-42-38-34-30-26-25-28-31-35-39-43-47-53(3)4/h53-54H,5-52H2,1-4H3/t54-/m0/s1. The Kier molecular flexibility index (Phi) is 50.1. The van der Waals surface area contributed by atoms with Crippen LogP contribution in [0.15, 0.2) is 0 Å². The SMILES string of the molecule is CCCCCCCCCCCCCCCCCCCCCC(=O)OC[C@H](COC(=O)CCCCCCCCCCCCC)OC(=O)CCCCCCCCCCCCCCC(C)C. The van der Waals surface area contributed by atoms with Gasteiger partial charge >= 0.3 is 17.9 Å². The van der Waals surface area contributed by atoms with E-state index in [0.717, 1.165) is 63.7 Å². The molecule has 0 fully saturated rings. The molecule has 0 N–H and O–H groups in total. The van der Waals surface area contributed by atoms with Crippen molar-refractivity contribution in [1.82, 2.24) is 0 Å². The van der Waals surface area contributed by atoms with E-state index >= 15 is 0 Å². The summed E-state index contributed by atoms with van der Waals surface area (Å²) in [5.41, 5.74) is 0. The average molecular weight is 892 g/mol. The van der Waals surface area contributed by atoms with E-state index in [1.165, 1.54) is 218 Å². The maximum absolute atomic E-state index is 12.8. The Labute approximate surface area is 393 Å². The van der Waals surface area contributed by atoms with Crippen LogP contribution in [0.25, 0.3) is 0 Å². The van der Waals surface area contributed by atoms with Gasteiger partial charge in [0.25, 0.3) is 0 Å². The van der Waals surface area contributed by atoms with Gasteiger partial charge in [-0.2, -0.15) is 0 Å². The lowest BCUT2D eigenvalue weighted by Gasteiger charge is -2.18. The molecule has 1 atom stereocenters. The van der Waals surface area contributed by atoms with Crippen LogP contribution in [0.1, 0.15) is 323 Å². The molecule has 0 aliphatic carbocycles. The molecule has 0 rings (SSSR count). The molecule has 0 saturated heterocycles. The summed E-state index contributed by atoms with van der Waals surface area (Å²) in [6.07, 6.45) is 55.2. The number of carbonyl (C=O) groups excluding carboxylic acids is 3. The number of esters is 3. The summed E-state index contributed by atoms with van der Waals surface area (Å²) in [6.45, 7) is 9.04. The fourth-order valence-electron chi connectivity index (χ4n) is 8.75. The Morgan fingerprint density at radius 1 is 0.302 bits per heavy atom. The van der Waals surface area contributed by atoms with Crippen LogP contribution in [0.2, 0.25) is 0 Å². The highest BCUT2D eigenvalue weighted by molar-refractivity contribution is 5.71. The van der Waals surface area contributed by atoms with Crippen LogP contribution in [0.5, 0.6) is 0 Å². The summed E-state index contributed by atoms with van der Waals surface area (Å²) in [5.74, 6) is -0.00668. The predicted molar refractivity (Wildman–Crippen MR) is 270 cm³/mol. The van der Waals surface area contributed by atoms with E-state index < -0.39 is 6.10 Å². The van der Waals surface area contributed by atoms with Crippen LogP contribution in [-0.2, 0) is 28.6 Å². The summed E-state index contributed by atoms with van der Waals surface area (Å²) in [5, 5.41) is 0. The van der Waals surface area contributed by atoms with Crippen molar-refractivity contribution in [3.8, 4) is 0 Å². The number of rotatable bonds is 52. The fourth-order valence-corrected chi connectivity index (χ4v) is 8.75. The van der Waals surface area contributed by atoms with E-state index in [0.29, 0.717) is 19.3 Å². The number of unbranched alkanes of at least 4 members (excludes halogenated alkanes) is 39. The molecular weight excluding hydrogens is 781 g/mol. The molecule has 0 radical (unpaired) electrons. The van der Waals surface area contributed by atoms with E-state index in [4.69, 9.17) is 14.2 Å². The summed E-state index contributed by atoms with van der Waals surface area (Å²) >= 11 is 0. The molecule has 0 bridgehead atoms. The number of carbonyl (C=O) groups is 3. The Morgan fingerprint density at radius 2 is 0.524 bits per heavy atom. The summed E-state index contributed by atoms with van der Waals surface area (Å²) < 4.78 is 16.9. The fraction of sp³-hybridized carbons (Fsp3) is 0.947. The molecule has 0 aliphatic heterocycles. The molecule has 63 heavy (non-hydrogen) atoms. The predicted octanol–water partition coefficient (Wildman–Crippen LogP) is 18.6. The topological polar surface area (TPSA) is 78.9 Å². The molecule has 6 nitrogen and oxygen atoms in total. The van der Waals surface area contributed by atoms with E-state index in [1.807, 2.05) is 0 Å². The van der Waals surface area contributed by atoms with Gasteiger partial charge in [0.05, 0.1) is 0 Å². The first-order valence-corrected chi connectivity index (χ1v) is 28.4. The van der Waals surface area contributed by atoms with Gasteiger partial charge in [0.2, 0.25) is 0 Å². The largest absolute Gasteiger partial charge is 0.462 e. The Balaban J connectivity index is 4.25.